The normalized spacial score (nSPS) is 11.8. The number of nitrogens with zero attached hydrogens (tertiary/aromatic N) is 5. The van der Waals surface area contributed by atoms with Crippen LogP contribution in [-0.4, -0.2) is 82.2 Å². The molecule has 0 saturated heterocycles. The fourth-order valence-corrected chi connectivity index (χ4v) is 5.62. The molecule has 1 aliphatic heterocycles. The molecule has 0 atom stereocenters. The maximum Gasteiger partial charge on any atom is 0.201 e. The molecule has 0 spiro atoms. The van der Waals surface area contributed by atoms with Crippen LogP contribution in [0.15, 0.2) is 36.4 Å². The summed E-state index contributed by atoms with van der Waals surface area (Å²) in [6.07, 6.45) is 7.27. The predicted octanol–water partition coefficient (Wildman–Crippen LogP) is 5.48. The molecule has 0 radical (unpaired) electrons. The molecule has 3 rings (SSSR count). The Kier molecular flexibility index (Phi) is 11.6. The Labute approximate surface area is 223 Å². The average Bonchev–Trinajstić information content (AvgIpc) is 2.85. The first kappa shape index (κ1) is 28.5. The van der Waals surface area contributed by atoms with E-state index in [1.807, 2.05) is 11.3 Å². The highest BCUT2D eigenvalue weighted by Gasteiger charge is 2.14. The molecule has 0 unspecified atom stereocenters. The van der Waals surface area contributed by atoms with E-state index in [9.17, 15) is 0 Å². The van der Waals surface area contributed by atoms with Crippen LogP contribution in [0.2, 0.25) is 0 Å². The minimum Gasteiger partial charge on any atom is -0.371 e. The topological polar surface area (TPSA) is 25.6 Å². The van der Waals surface area contributed by atoms with Crippen LogP contribution < -0.4 is 14.8 Å². The van der Waals surface area contributed by atoms with E-state index >= 15 is 0 Å². The summed E-state index contributed by atoms with van der Waals surface area (Å²) in [5.41, 5.74) is 3.54. The zero-order valence-electron chi connectivity index (χ0n) is 23.6. The Balaban J connectivity index is 1.97. The maximum atomic E-state index is 5.03. The quantitative estimate of drug-likeness (QED) is 0.200. The second-order valence-electron chi connectivity index (χ2n) is 10.5. The van der Waals surface area contributed by atoms with Crippen LogP contribution in [0.1, 0.15) is 52.4 Å². The van der Waals surface area contributed by atoms with Gasteiger partial charge in [0.2, 0.25) is 5.36 Å². The lowest BCUT2D eigenvalue weighted by Crippen LogP contribution is -2.34. The molecular weight excluding hydrogens is 462 g/mol. The van der Waals surface area contributed by atoms with Crippen molar-refractivity contribution in [2.45, 2.75) is 52.4 Å². The van der Waals surface area contributed by atoms with Crippen LogP contribution in [0.3, 0.4) is 0 Å². The van der Waals surface area contributed by atoms with Crippen LogP contribution in [-0.2, 0) is 0 Å². The van der Waals surface area contributed by atoms with Crippen molar-refractivity contribution < 1.29 is 0 Å². The van der Waals surface area contributed by atoms with Gasteiger partial charge in [-0.1, -0.05) is 26.7 Å². The number of fused-ring (bicyclic) bond motifs is 2. The summed E-state index contributed by atoms with van der Waals surface area (Å²) < 4.78 is 3.85. The molecule has 198 valence electrons. The molecule has 0 saturated carbocycles. The van der Waals surface area contributed by atoms with E-state index in [0.717, 1.165) is 50.5 Å². The maximum absolute atomic E-state index is 5.03. The van der Waals surface area contributed by atoms with Crippen molar-refractivity contribution in [3.05, 3.63) is 41.8 Å². The molecule has 0 amide bonds. The van der Waals surface area contributed by atoms with Gasteiger partial charge < -0.3 is 14.7 Å². The largest absolute Gasteiger partial charge is 0.371 e. The van der Waals surface area contributed by atoms with Gasteiger partial charge in [0.15, 0.2) is 0 Å². The molecule has 1 aliphatic carbocycles. The highest BCUT2D eigenvalue weighted by atomic mass is 32.1. The van der Waals surface area contributed by atoms with E-state index in [2.05, 4.69) is 97.7 Å². The highest BCUT2D eigenvalue weighted by molar-refractivity contribution is 7.21. The van der Waals surface area contributed by atoms with E-state index in [0.29, 0.717) is 0 Å². The third kappa shape index (κ3) is 8.53. The molecular formula is C30H48N5S+. The average molecular weight is 511 g/mol. The molecule has 0 fully saturated rings. The van der Waals surface area contributed by atoms with Crippen molar-refractivity contribution >= 4 is 27.2 Å². The molecule has 2 aliphatic rings. The van der Waals surface area contributed by atoms with Gasteiger partial charge in [-0.15, -0.1) is 11.3 Å². The predicted molar refractivity (Wildman–Crippen MR) is 160 cm³/mol. The van der Waals surface area contributed by atoms with Crippen molar-refractivity contribution in [2.24, 2.45) is 0 Å². The van der Waals surface area contributed by atoms with Crippen molar-refractivity contribution in [3.8, 4) is 10.6 Å². The molecule has 36 heavy (non-hydrogen) atoms. The third-order valence-electron chi connectivity index (χ3n) is 6.71. The SMILES string of the molecule is CCCCN(CCCC)c1ccc2nc3ccc(=[N+](CCCN(C)C)CCCN(C)C)cc-3sc2c1. The van der Waals surface area contributed by atoms with Gasteiger partial charge in [-0.2, -0.15) is 0 Å². The van der Waals surface area contributed by atoms with Crippen LogP contribution in [0.25, 0.3) is 20.8 Å². The van der Waals surface area contributed by atoms with Crippen molar-refractivity contribution in [1.29, 1.82) is 0 Å². The highest BCUT2D eigenvalue weighted by Crippen LogP contribution is 2.32. The van der Waals surface area contributed by atoms with Crippen LogP contribution in [0.5, 0.6) is 0 Å². The molecule has 0 aromatic heterocycles. The van der Waals surface area contributed by atoms with Crippen LogP contribution >= 0.6 is 11.3 Å². The Morgan fingerprint density at radius 1 is 0.750 bits per heavy atom. The number of hydrogen-bond acceptors (Lipinski definition) is 5. The fourth-order valence-electron chi connectivity index (χ4n) is 4.59. The molecule has 1 aromatic rings. The number of benzene rings is 2. The van der Waals surface area contributed by atoms with Crippen molar-refractivity contribution in [1.82, 2.24) is 19.4 Å². The number of hydrogen-bond donors (Lipinski definition) is 0. The standard InChI is InChI=1S/C30H48N5S/c1-7-9-19-34(20-10-8-2)25-13-15-27-29(23-25)36-30-24-26(14-16-28(30)31-27)35(21-11-17-32(3)4)22-12-18-33(5)6/h13-16,23-24H,7-12,17-22H2,1-6H3/q+1. The summed E-state index contributed by atoms with van der Waals surface area (Å²) in [5, 5.41) is 1.32. The summed E-state index contributed by atoms with van der Waals surface area (Å²) in [6.45, 7) is 11.2. The summed E-state index contributed by atoms with van der Waals surface area (Å²) >= 11 is 1.89. The lowest BCUT2D eigenvalue weighted by molar-refractivity contribution is 0.366. The lowest BCUT2D eigenvalue weighted by Gasteiger charge is -2.25. The fraction of sp³-hybridized carbons (Fsp3) is 0.600. The molecule has 5 nitrogen and oxygen atoms in total. The molecule has 1 heterocycles. The van der Waals surface area contributed by atoms with E-state index in [-0.39, 0.29) is 0 Å². The Morgan fingerprint density at radius 2 is 1.39 bits per heavy atom. The zero-order valence-corrected chi connectivity index (χ0v) is 24.4. The number of anilines is 1. The first-order valence-electron chi connectivity index (χ1n) is 13.9. The lowest BCUT2D eigenvalue weighted by atomic mass is 10.2. The van der Waals surface area contributed by atoms with Crippen molar-refractivity contribution in [2.75, 3.05) is 72.4 Å². The molecule has 6 heteroatoms. The van der Waals surface area contributed by atoms with Gasteiger partial charge in [-0.25, -0.2) is 9.56 Å². The van der Waals surface area contributed by atoms with Crippen LogP contribution in [0, 0.1) is 0 Å². The smallest absolute Gasteiger partial charge is 0.201 e. The van der Waals surface area contributed by atoms with E-state index < -0.39 is 0 Å². The molecule has 0 N–H and O–H groups in total. The first-order valence-corrected chi connectivity index (χ1v) is 14.7. The molecule has 0 bridgehead atoms. The van der Waals surface area contributed by atoms with E-state index in [1.165, 1.54) is 59.1 Å². The summed E-state index contributed by atoms with van der Waals surface area (Å²) in [6, 6.07) is 13.7. The van der Waals surface area contributed by atoms with Gasteiger partial charge in [0.1, 0.15) is 13.1 Å². The third-order valence-corrected chi connectivity index (χ3v) is 7.80. The summed E-state index contributed by atoms with van der Waals surface area (Å²) in [5.74, 6) is 0. The minimum absolute atomic E-state index is 1.08. The Morgan fingerprint density at radius 3 is 1.97 bits per heavy atom. The van der Waals surface area contributed by atoms with Crippen LogP contribution in [0.4, 0.5) is 5.69 Å². The Bertz CT molecular complexity index is 1080. The zero-order chi connectivity index (χ0) is 25.9. The number of unbranched alkanes of at least 4 members (excludes halogenated alkanes) is 2. The second kappa shape index (κ2) is 14.7. The summed E-state index contributed by atoms with van der Waals surface area (Å²) in [7, 11) is 8.63. The van der Waals surface area contributed by atoms with E-state index in [4.69, 9.17) is 4.98 Å². The van der Waals surface area contributed by atoms with E-state index in [1.54, 1.807) is 0 Å². The van der Waals surface area contributed by atoms with Gasteiger partial charge in [0, 0.05) is 56.8 Å². The number of rotatable bonds is 15. The van der Waals surface area contributed by atoms with Gasteiger partial charge in [-0.05, 0) is 65.3 Å². The summed E-state index contributed by atoms with van der Waals surface area (Å²) in [4.78, 5) is 13.4. The number of aromatic nitrogens is 1. The minimum atomic E-state index is 1.08. The van der Waals surface area contributed by atoms with Gasteiger partial charge in [-0.3, -0.25) is 0 Å². The van der Waals surface area contributed by atoms with Crippen molar-refractivity contribution in [3.63, 3.8) is 0 Å². The van der Waals surface area contributed by atoms with Gasteiger partial charge >= 0.3 is 0 Å². The monoisotopic (exact) mass is 510 g/mol. The van der Waals surface area contributed by atoms with Gasteiger partial charge in [0.25, 0.3) is 0 Å². The van der Waals surface area contributed by atoms with Gasteiger partial charge in [0.05, 0.1) is 20.8 Å². The molecule has 1 aromatic carbocycles. The Hall–Kier alpha value is -2.02. The first-order chi connectivity index (χ1) is 17.4. The second-order valence-corrected chi connectivity index (χ2v) is 11.6.